The molecule has 0 aliphatic heterocycles. The minimum absolute atomic E-state index is 0.761. The molecule has 4 nitrogen and oxygen atoms in total. The summed E-state index contributed by atoms with van der Waals surface area (Å²) in [6, 6.07) is 8.26. The monoisotopic (exact) mass is 337 g/mol. The summed E-state index contributed by atoms with van der Waals surface area (Å²) < 4.78 is 8.32. The van der Waals surface area contributed by atoms with Gasteiger partial charge in [-0.05, 0) is 25.0 Å². The van der Waals surface area contributed by atoms with Crippen LogP contribution in [0.25, 0.3) is 0 Å². The highest BCUT2D eigenvalue weighted by Crippen LogP contribution is 2.19. The van der Waals surface area contributed by atoms with E-state index in [-0.39, 0.29) is 0 Å². The molecule has 1 heterocycles. The molecule has 0 atom stereocenters. The van der Waals surface area contributed by atoms with E-state index in [0.717, 1.165) is 42.2 Å². The minimum atomic E-state index is 0.761. The molecule has 0 aliphatic carbocycles. The highest BCUT2D eigenvalue weighted by Gasteiger charge is 2.07. The average molecular weight is 338 g/mol. The average Bonchev–Trinajstić information content (AvgIpc) is 2.78. The van der Waals surface area contributed by atoms with Gasteiger partial charge in [-0.25, -0.2) is 4.98 Å². The smallest absolute Gasteiger partial charge is 0.203 e. The molecule has 0 saturated carbocycles. The van der Waals surface area contributed by atoms with Crippen LogP contribution in [0.4, 0.5) is 5.95 Å². The molecular formula is C15H20BrN3O. The Balaban J connectivity index is 2.06. The number of ether oxygens (including phenoxy) is 1. The van der Waals surface area contributed by atoms with Crippen LogP contribution >= 0.6 is 15.9 Å². The Kier molecular flexibility index (Phi) is 5.61. The SMILES string of the molecule is COCCCNc1nc(C)cn1Cc1ccccc1Br. The summed E-state index contributed by atoms with van der Waals surface area (Å²) in [5, 5.41) is 3.37. The molecule has 0 amide bonds. The van der Waals surface area contributed by atoms with E-state index in [2.05, 4.69) is 55.2 Å². The van der Waals surface area contributed by atoms with Crippen LogP contribution < -0.4 is 5.32 Å². The summed E-state index contributed by atoms with van der Waals surface area (Å²) in [7, 11) is 1.72. The number of hydrogen-bond acceptors (Lipinski definition) is 3. The predicted molar refractivity (Wildman–Crippen MR) is 85.2 cm³/mol. The van der Waals surface area contributed by atoms with Crippen molar-refractivity contribution in [3.8, 4) is 0 Å². The van der Waals surface area contributed by atoms with Gasteiger partial charge in [0.2, 0.25) is 5.95 Å². The van der Waals surface area contributed by atoms with E-state index in [4.69, 9.17) is 4.74 Å². The number of hydrogen-bond donors (Lipinski definition) is 1. The van der Waals surface area contributed by atoms with E-state index in [9.17, 15) is 0 Å². The summed E-state index contributed by atoms with van der Waals surface area (Å²) in [6.07, 6.45) is 3.04. The van der Waals surface area contributed by atoms with Gasteiger partial charge >= 0.3 is 0 Å². The molecule has 0 saturated heterocycles. The van der Waals surface area contributed by atoms with E-state index in [1.807, 2.05) is 13.0 Å². The third-order valence-electron chi connectivity index (χ3n) is 3.00. The highest BCUT2D eigenvalue weighted by atomic mass is 79.9. The van der Waals surface area contributed by atoms with Gasteiger partial charge in [-0.15, -0.1) is 0 Å². The van der Waals surface area contributed by atoms with Gasteiger partial charge in [-0.2, -0.15) is 0 Å². The second-order valence-electron chi connectivity index (χ2n) is 4.70. The Labute approximate surface area is 128 Å². The maximum atomic E-state index is 5.05. The number of aryl methyl sites for hydroxylation is 1. The van der Waals surface area contributed by atoms with Crippen molar-refractivity contribution < 1.29 is 4.74 Å². The van der Waals surface area contributed by atoms with Gasteiger partial charge in [0, 0.05) is 30.9 Å². The van der Waals surface area contributed by atoms with Crippen LogP contribution in [0.2, 0.25) is 0 Å². The van der Waals surface area contributed by atoms with Gasteiger partial charge in [0.05, 0.1) is 12.2 Å². The third-order valence-corrected chi connectivity index (χ3v) is 3.78. The molecule has 0 unspecified atom stereocenters. The predicted octanol–water partition coefficient (Wildman–Crippen LogP) is 3.45. The lowest BCUT2D eigenvalue weighted by Gasteiger charge is -2.10. The lowest BCUT2D eigenvalue weighted by atomic mass is 10.2. The van der Waals surface area contributed by atoms with Crippen molar-refractivity contribution in [2.45, 2.75) is 19.9 Å². The normalized spacial score (nSPS) is 10.8. The third kappa shape index (κ3) is 4.08. The quantitative estimate of drug-likeness (QED) is 0.786. The second-order valence-corrected chi connectivity index (χ2v) is 5.55. The fourth-order valence-electron chi connectivity index (χ4n) is 2.04. The number of benzene rings is 1. The first-order chi connectivity index (χ1) is 9.70. The number of nitrogens with one attached hydrogen (secondary N) is 1. The van der Waals surface area contributed by atoms with Crippen LogP contribution in [0.5, 0.6) is 0 Å². The Morgan fingerprint density at radius 2 is 2.15 bits per heavy atom. The van der Waals surface area contributed by atoms with Crippen LogP contribution in [0.15, 0.2) is 34.9 Å². The summed E-state index contributed by atoms with van der Waals surface area (Å²) in [5.74, 6) is 0.911. The minimum Gasteiger partial charge on any atom is -0.385 e. The summed E-state index contributed by atoms with van der Waals surface area (Å²) in [5.41, 5.74) is 2.26. The lowest BCUT2D eigenvalue weighted by Crippen LogP contribution is -2.11. The maximum Gasteiger partial charge on any atom is 0.203 e. The van der Waals surface area contributed by atoms with Gasteiger partial charge in [0.15, 0.2) is 0 Å². The van der Waals surface area contributed by atoms with Crippen molar-refractivity contribution in [3.05, 3.63) is 46.2 Å². The van der Waals surface area contributed by atoms with E-state index in [1.54, 1.807) is 7.11 Å². The van der Waals surface area contributed by atoms with E-state index in [1.165, 1.54) is 5.56 Å². The highest BCUT2D eigenvalue weighted by molar-refractivity contribution is 9.10. The van der Waals surface area contributed by atoms with Crippen molar-refractivity contribution in [2.24, 2.45) is 0 Å². The van der Waals surface area contributed by atoms with Crippen LogP contribution in [0.1, 0.15) is 17.7 Å². The molecule has 0 aliphatic rings. The van der Waals surface area contributed by atoms with E-state index < -0.39 is 0 Å². The summed E-state index contributed by atoms with van der Waals surface area (Å²) >= 11 is 3.59. The standard InChI is InChI=1S/C15H20BrN3O/c1-12-10-19(11-13-6-3-4-7-14(13)16)15(18-12)17-8-5-9-20-2/h3-4,6-7,10H,5,8-9,11H2,1-2H3,(H,17,18). The largest absolute Gasteiger partial charge is 0.385 e. The topological polar surface area (TPSA) is 39.1 Å². The molecule has 20 heavy (non-hydrogen) atoms. The Hall–Kier alpha value is -1.33. The van der Waals surface area contributed by atoms with Crippen molar-refractivity contribution in [2.75, 3.05) is 25.6 Å². The van der Waals surface area contributed by atoms with Crippen molar-refractivity contribution in [1.29, 1.82) is 0 Å². The van der Waals surface area contributed by atoms with Gasteiger partial charge in [-0.1, -0.05) is 34.1 Å². The Morgan fingerprint density at radius 3 is 2.90 bits per heavy atom. The fraction of sp³-hybridized carbons (Fsp3) is 0.400. The second kappa shape index (κ2) is 7.45. The van der Waals surface area contributed by atoms with Crippen molar-refractivity contribution >= 4 is 21.9 Å². The lowest BCUT2D eigenvalue weighted by molar-refractivity contribution is 0.197. The molecule has 0 radical (unpaired) electrons. The van der Waals surface area contributed by atoms with Crippen LogP contribution in [-0.4, -0.2) is 29.8 Å². The zero-order valence-corrected chi connectivity index (χ0v) is 13.5. The molecule has 5 heteroatoms. The van der Waals surface area contributed by atoms with E-state index in [0.29, 0.717) is 0 Å². The first-order valence-corrected chi connectivity index (χ1v) is 7.50. The summed E-state index contributed by atoms with van der Waals surface area (Å²) in [4.78, 5) is 4.53. The molecule has 2 aromatic rings. The zero-order valence-electron chi connectivity index (χ0n) is 11.9. The van der Waals surface area contributed by atoms with Gasteiger partial charge in [0.1, 0.15) is 0 Å². The molecule has 1 aromatic heterocycles. The van der Waals surface area contributed by atoms with Crippen LogP contribution in [0, 0.1) is 6.92 Å². The number of aromatic nitrogens is 2. The van der Waals surface area contributed by atoms with Crippen molar-refractivity contribution in [3.63, 3.8) is 0 Å². The maximum absolute atomic E-state index is 5.05. The summed E-state index contributed by atoms with van der Waals surface area (Å²) in [6.45, 7) is 4.43. The number of nitrogens with zero attached hydrogens (tertiary/aromatic N) is 2. The molecule has 0 bridgehead atoms. The molecule has 108 valence electrons. The molecular weight excluding hydrogens is 318 g/mol. The Bertz CT molecular complexity index is 554. The molecule has 1 aromatic carbocycles. The number of methoxy groups -OCH3 is 1. The van der Waals surface area contributed by atoms with Gasteiger partial charge in [-0.3, -0.25) is 0 Å². The first-order valence-electron chi connectivity index (χ1n) is 6.70. The molecule has 1 N–H and O–H groups in total. The number of rotatable bonds is 7. The van der Waals surface area contributed by atoms with E-state index >= 15 is 0 Å². The number of halogens is 1. The molecule has 0 spiro atoms. The molecule has 0 fully saturated rings. The van der Waals surface area contributed by atoms with Crippen LogP contribution in [0.3, 0.4) is 0 Å². The van der Waals surface area contributed by atoms with Crippen LogP contribution in [-0.2, 0) is 11.3 Å². The number of anilines is 1. The fourth-order valence-corrected chi connectivity index (χ4v) is 2.45. The van der Waals surface area contributed by atoms with Crippen molar-refractivity contribution in [1.82, 2.24) is 9.55 Å². The zero-order chi connectivity index (χ0) is 14.4. The number of imidazole rings is 1. The first kappa shape index (κ1) is 15.1. The Morgan fingerprint density at radius 1 is 1.35 bits per heavy atom. The van der Waals surface area contributed by atoms with Gasteiger partial charge in [0.25, 0.3) is 0 Å². The molecule has 2 rings (SSSR count). The van der Waals surface area contributed by atoms with Gasteiger partial charge < -0.3 is 14.6 Å².